The Morgan fingerprint density at radius 2 is 2.22 bits per heavy atom. The lowest BCUT2D eigenvalue weighted by Crippen LogP contribution is -2.50. The standard InChI is InChI=1S/C13H24N4O/c1-11(2)12(17-5-7-18-8-6-17)9-14-10-13-15-3-4-16-13/h3-4,11-12,14H,5-10H2,1-2H3,(H,15,16). The second-order valence-electron chi connectivity index (χ2n) is 5.13. The molecule has 1 unspecified atom stereocenters. The van der Waals surface area contributed by atoms with Crippen LogP contribution < -0.4 is 5.32 Å². The topological polar surface area (TPSA) is 53.2 Å². The van der Waals surface area contributed by atoms with Gasteiger partial charge in [0.2, 0.25) is 0 Å². The van der Waals surface area contributed by atoms with Crippen molar-refractivity contribution in [3.05, 3.63) is 18.2 Å². The van der Waals surface area contributed by atoms with Crippen LogP contribution in [0.4, 0.5) is 0 Å². The molecule has 0 amide bonds. The first-order chi connectivity index (χ1) is 8.77. The summed E-state index contributed by atoms with van der Waals surface area (Å²) < 4.78 is 5.42. The zero-order chi connectivity index (χ0) is 12.8. The second-order valence-corrected chi connectivity index (χ2v) is 5.13. The summed E-state index contributed by atoms with van der Waals surface area (Å²) in [4.78, 5) is 9.86. The number of ether oxygens (including phenoxy) is 1. The predicted molar refractivity (Wildman–Crippen MR) is 71.3 cm³/mol. The van der Waals surface area contributed by atoms with Crippen molar-refractivity contribution >= 4 is 0 Å². The van der Waals surface area contributed by atoms with Crippen LogP contribution in [0.15, 0.2) is 12.4 Å². The summed E-state index contributed by atoms with van der Waals surface area (Å²) in [5.74, 6) is 1.65. The fraction of sp³-hybridized carbons (Fsp3) is 0.769. The maximum Gasteiger partial charge on any atom is 0.120 e. The second kappa shape index (κ2) is 6.87. The van der Waals surface area contributed by atoms with Gasteiger partial charge in [-0.15, -0.1) is 0 Å². The van der Waals surface area contributed by atoms with Crippen molar-refractivity contribution in [3.8, 4) is 0 Å². The van der Waals surface area contributed by atoms with E-state index in [1.165, 1.54) is 0 Å². The number of imidazole rings is 1. The van der Waals surface area contributed by atoms with Crippen LogP contribution in [0.3, 0.4) is 0 Å². The molecule has 1 aliphatic heterocycles. The third-order valence-corrected chi connectivity index (χ3v) is 3.49. The molecule has 5 heteroatoms. The van der Waals surface area contributed by atoms with Gasteiger partial charge in [-0.1, -0.05) is 13.8 Å². The summed E-state index contributed by atoms with van der Waals surface area (Å²) in [6.45, 7) is 10.2. The van der Waals surface area contributed by atoms with E-state index in [2.05, 4.69) is 34.0 Å². The summed E-state index contributed by atoms with van der Waals surface area (Å²) in [6.07, 6.45) is 3.65. The van der Waals surface area contributed by atoms with Gasteiger partial charge >= 0.3 is 0 Å². The van der Waals surface area contributed by atoms with Crippen LogP contribution in [0.1, 0.15) is 19.7 Å². The number of aromatic nitrogens is 2. The molecule has 0 aliphatic carbocycles. The van der Waals surface area contributed by atoms with Crippen molar-refractivity contribution in [1.29, 1.82) is 0 Å². The van der Waals surface area contributed by atoms with E-state index >= 15 is 0 Å². The summed E-state index contributed by atoms with van der Waals surface area (Å²) in [5.41, 5.74) is 0. The largest absolute Gasteiger partial charge is 0.379 e. The van der Waals surface area contributed by atoms with Gasteiger partial charge in [0.25, 0.3) is 0 Å². The van der Waals surface area contributed by atoms with Crippen molar-refractivity contribution in [2.24, 2.45) is 5.92 Å². The quantitative estimate of drug-likeness (QED) is 0.788. The SMILES string of the molecule is CC(C)C(CNCc1ncc[nH]1)N1CCOCC1. The molecule has 0 saturated carbocycles. The number of hydrogen-bond donors (Lipinski definition) is 2. The van der Waals surface area contributed by atoms with Crippen molar-refractivity contribution in [2.75, 3.05) is 32.8 Å². The van der Waals surface area contributed by atoms with Crippen LogP contribution in [-0.2, 0) is 11.3 Å². The molecule has 2 heterocycles. The predicted octanol–water partition coefficient (Wildman–Crippen LogP) is 0.856. The molecule has 1 saturated heterocycles. The molecule has 1 fully saturated rings. The molecule has 0 bridgehead atoms. The van der Waals surface area contributed by atoms with Crippen LogP contribution >= 0.6 is 0 Å². The highest BCUT2D eigenvalue weighted by molar-refractivity contribution is 4.87. The monoisotopic (exact) mass is 252 g/mol. The van der Waals surface area contributed by atoms with E-state index in [9.17, 15) is 0 Å². The Hall–Kier alpha value is -0.910. The van der Waals surface area contributed by atoms with Crippen molar-refractivity contribution in [1.82, 2.24) is 20.2 Å². The van der Waals surface area contributed by atoms with Gasteiger partial charge in [0.05, 0.1) is 19.8 Å². The van der Waals surface area contributed by atoms with Crippen LogP contribution in [0.5, 0.6) is 0 Å². The Bertz CT molecular complexity index is 320. The normalized spacial score (nSPS) is 19.3. The number of aromatic amines is 1. The Morgan fingerprint density at radius 1 is 1.44 bits per heavy atom. The number of nitrogens with one attached hydrogen (secondary N) is 2. The molecule has 1 atom stereocenters. The summed E-state index contributed by atoms with van der Waals surface area (Å²) in [7, 11) is 0. The first kappa shape index (κ1) is 13.5. The minimum Gasteiger partial charge on any atom is -0.379 e. The van der Waals surface area contributed by atoms with Crippen LogP contribution in [0.25, 0.3) is 0 Å². The first-order valence-corrected chi connectivity index (χ1v) is 6.78. The highest BCUT2D eigenvalue weighted by Crippen LogP contribution is 2.12. The molecular weight excluding hydrogens is 228 g/mol. The van der Waals surface area contributed by atoms with E-state index in [-0.39, 0.29) is 0 Å². The van der Waals surface area contributed by atoms with E-state index in [0.717, 1.165) is 45.2 Å². The van der Waals surface area contributed by atoms with Gasteiger partial charge in [0.15, 0.2) is 0 Å². The summed E-state index contributed by atoms with van der Waals surface area (Å²) >= 11 is 0. The molecule has 0 aromatic carbocycles. The molecule has 1 aliphatic rings. The van der Waals surface area contributed by atoms with Gasteiger partial charge in [0, 0.05) is 38.1 Å². The summed E-state index contributed by atoms with van der Waals surface area (Å²) in [6, 6.07) is 0.573. The fourth-order valence-electron chi connectivity index (χ4n) is 2.43. The number of rotatable bonds is 6. The Labute approximate surface area is 109 Å². The highest BCUT2D eigenvalue weighted by Gasteiger charge is 2.23. The van der Waals surface area contributed by atoms with Crippen molar-refractivity contribution in [2.45, 2.75) is 26.4 Å². The molecule has 102 valence electrons. The van der Waals surface area contributed by atoms with Gasteiger partial charge in [-0.2, -0.15) is 0 Å². The van der Waals surface area contributed by atoms with E-state index in [1.54, 1.807) is 6.20 Å². The Kier molecular flexibility index (Phi) is 5.16. The lowest BCUT2D eigenvalue weighted by molar-refractivity contribution is 0.00644. The summed E-state index contributed by atoms with van der Waals surface area (Å²) in [5, 5.41) is 3.49. The lowest BCUT2D eigenvalue weighted by atomic mass is 10.0. The van der Waals surface area contributed by atoms with E-state index < -0.39 is 0 Å². The molecular formula is C13H24N4O. The molecule has 5 nitrogen and oxygen atoms in total. The average Bonchev–Trinajstić information content (AvgIpc) is 2.88. The fourth-order valence-corrected chi connectivity index (χ4v) is 2.43. The van der Waals surface area contributed by atoms with Gasteiger partial charge < -0.3 is 15.0 Å². The molecule has 1 aromatic heterocycles. The van der Waals surface area contributed by atoms with Gasteiger partial charge in [-0.25, -0.2) is 4.98 Å². The molecule has 0 radical (unpaired) electrons. The zero-order valence-corrected chi connectivity index (χ0v) is 11.4. The molecule has 18 heavy (non-hydrogen) atoms. The average molecular weight is 252 g/mol. The Morgan fingerprint density at radius 3 is 2.83 bits per heavy atom. The van der Waals surface area contributed by atoms with Gasteiger partial charge in [0.1, 0.15) is 5.82 Å². The van der Waals surface area contributed by atoms with Crippen LogP contribution in [0.2, 0.25) is 0 Å². The molecule has 0 spiro atoms. The molecule has 2 rings (SSSR count). The van der Waals surface area contributed by atoms with Gasteiger partial charge in [-0.05, 0) is 5.92 Å². The van der Waals surface area contributed by atoms with Crippen LogP contribution in [-0.4, -0.2) is 53.8 Å². The Balaban J connectivity index is 1.78. The maximum atomic E-state index is 5.42. The third-order valence-electron chi connectivity index (χ3n) is 3.49. The smallest absolute Gasteiger partial charge is 0.120 e. The van der Waals surface area contributed by atoms with Gasteiger partial charge in [-0.3, -0.25) is 4.90 Å². The number of H-pyrrole nitrogens is 1. The van der Waals surface area contributed by atoms with Crippen molar-refractivity contribution in [3.63, 3.8) is 0 Å². The molecule has 2 N–H and O–H groups in total. The molecule has 1 aromatic rings. The zero-order valence-electron chi connectivity index (χ0n) is 11.4. The van der Waals surface area contributed by atoms with Crippen LogP contribution in [0, 0.1) is 5.92 Å². The first-order valence-electron chi connectivity index (χ1n) is 6.78. The number of nitrogens with zero attached hydrogens (tertiary/aromatic N) is 2. The minimum atomic E-state index is 0.573. The lowest BCUT2D eigenvalue weighted by Gasteiger charge is -2.37. The maximum absolute atomic E-state index is 5.42. The highest BCUT2D eigenvalue weighted by atomic mass is 16.5. The third kappa shape index (κ3) is 3.80. The van der Waals surface area contributed by atoms with E-state index in [4.69, 9.17) is 4.74 Å². The van der Waals surface area contributed by atoms with Crippen molar-refractivity contribution < 1.29 is 4.74 Å². The number of morpholine rings is 1. The number of hydrogen-bond acceptors (Lipinski definition) is 4. The van der Waals surface area contributed by atoms with E-state index in [0.29, 0.717) is 12.0 Å². The van der Waals surface area contributed by atoms with E-state index in [1.807, 2.05) is 6.20 Å². The minimum absolute atomic E-state index is 0.573.